The summed E-state index contributed by atoms with van der Waals surface area (Å²) in [5, 5.41) is 0. The SMILES string of the molecule is CC(N)CC[Si](C)(C)S. The second kappa shape index (κ2) is 3.64. The first-order valence-corrected chi connectivity index (χ1v) is 7.89. The van der Waals surface area contributed by atoms with Crippen LogP contribution in [0.25, 0.3) is 0 Å². The fourth-order valence-corrected chi connectivity index (χ4v) is 2.13. The van der Waals surface area contributed by atoms with Crippen LogP contribution < -0.4 is 5.73 Å². The van der Waals surface area contributed by atoms with Crippen LogP contribution in [-0.2, 0) is 0 Å². The summed E-state index contributed by atoms with van der Waals surface area (Å²) in [4.78, 5) is 0. The number of hydrogen-bond donors (Lipinski definition) is 2. The van der Waals surface area contributed by atoms with E-state index in [1.165, 1.54) is 6.04 Å². The molecule has 0 spiro atoms. The van der Waals surface area contributed by atoms with Crippen molar-refractivity contribution < 1.29 is 0 Å². The molecule has 1 nitrogen and oxygen atoms in total. The molecule has 56 valence electrons. The zero-order valence-electron chi connectivity index (χ0n) is 6.52. The Hall–Kier alpha value is 0.527. The van der Waals surface area contributed by atoms with Gasteiger partial charge in [-0.05, 0) is 19.4 Å². The van der Waals surface area contributed by atoms with Gasteiger partial charge in [0.1, 0.15) is 7.22 Å². The van der Waals surface area contributed by atoms with Gasteiger partial charge < -0.3 is 5.73 Å². The molecule has 0 rings (SSSR count). The van der Waals surface area contributed by atoms with E-state index in [1.807, 2.05) is 6.92 Å². The minimum absolute atomic E-state index is 0.351. The molecule has 0 heterocycles. The molecule has 0 aromatic carbocycles. The van der Waals surface area contributed by atoms with E-state index in [2.05, 4.69) is 25.2 Å². The van der Waals surface area contributed by atoms with E-state index in [-0.39, 0.29) is 0 Å². The highest BCUT2D eigenvalue weighted by atomic mass is 32.3. The lowest BCUT2D eigenvalue weighted by Gasteiger charge is -2.15. The van der Waals surface area contributed by atoms with Crippen molar-refractivity contribution in [1.29, 1.82) is 0 Å². The maximum atomic E-state index is 5.59. The van der Waals surface area contributed by atoms with Crippen molar-refractivity contribution >= 4 is 19.3 Å². The van der Waals surface area contributed by atoms with Gasteiger partial charge in [-0.15, -0.1) is 0 Å². The Labute approximate surface area is 64.1 Å². The van der Waals surface area contributed by atoms with E-state index in [0.717, 1.165) is 6.42 Å². The van der Waals surface area contributed by atoms with E-state index < -0.39 is 7.22 Å². The topological polar surface area (TPSA) is 26.0 Å². The van der Waals surface area contributed by atoms with E-state index in [1.54, 1.807) is 0 Å². The summed E-state index contributed by atoms with van der Waals surface area (Å²) in [5.74, 6) is 0. The van der Waals surface area contributed by atoms with Crippen LogP contribution in [0.4, 0.5) is 0 Å². The smallest absolute Gasteiger partial charge is 0.107 e. The summed E-state index contributed by atoms with van der Waals surface area (Å²) < 4.78 is 0. The summed E-state index contributed by atoms with van der Waals surface area (Å²) in [6.07, 6.45) is 1.13. The maximum absolute atomic E-state index is 5.59. The van der Waals surface area contributed by atoms with Crippen molar-refractivity contribution in [3.8, 4) is 0 Å². The molecule has 0 saturated heterocycles. The second-order valence-electron chi connectivity index (χ2n) is 3.33. The van der Waals surface area contributed by atoms with Crippen molar-refractivity contribution in [1.82, 2.24) is 0 Å². The molecule has 0 aromatic rings. The third-order valence-electron chi connectivity index (χ3n) is 1.21. The highest BCUT2D eigenvalue weighted by Gasteiger charge is 2.14. The van der Waals surface area contributed by atoms with E-state index in [0.29, 0.717) is 6.04 Å². The Morgan fingerprint density at radius 2 is 2.00 bits per heavy atom. The highest BCUT2D eigenvalue weighted by molar-refractivity contribution is 8.14. The molecule has 0 bridgehead atoms. The second-order valence-corrected chi connectivity index (χ2v) is 11.1. The highest BCUT2D eigenvalue weighted by Crippen LogP contribution is 2.16. The minimum Gasteiger partial charge on any atom is -0.328 e. The quantitative estimate of drug-likeness (QED) is 0.482. The summed E-state index contributed by atoms with van der Waals surface area (Å²) in [7, 11) is -1.11. The van der Waals surface area contributed by atoms with Crippen LogP contribution in [-0.4, -0.2) is 13.3 Å². The molecule has 0 aliphatic carbocycles. The third kappa shape index (κ3) is 8.53. The molecule has 2 N–H and O–H groups in total. The van der Waals surface area contributed by atoms with E-state index in [9.17, 15) is 0 Å². The minimum atomic E-state index is -1.11. The summed E-state index contributed by atoms with van der Waals surface area (Å²) >= 11 is 4.51. The predicted molar refractivity (Wildman–Crippen MR) is 49.5 cm³/mol. The maximum Gasteiger partial charge on any atom is 0.107 e. The van der Waals surface area contributed by atoms with Gasteiger partial charge in [0.05, 0.1) is 0 Å². The van der Waals surface area contributed by atoms with Crippen molar-refractivity contribution in [2.75, 3.05) is 0 Å². The van der Waals surface area contributed by atoms with Crippen LogP contribution in [0.5, 0.6) is 0 Å². The Balaban J connectivity index is 3.28. The van der Waals surface area contributed by atoms with Gasteiger partial charge in [-0.3, -0.25) is 0 Å². The van der Waals surface area contributed by atoms with Gasteiger partial charge in [-0.1, -0.05) is 13.1 Å². The molecule has 3 heteroatoms. The molecule has 0 amide bonds. The van der Waals surface area contributed by atoms with Crippen LogP contribution in [0.15, 0.2) is 0 Å². The number of thiol groups is 1. The van der Waals surface area contributed by atoms with Gasteiger partial charge in [0, 0.05) is 6.04 Å². The fraction of sp³-hybridized carbons (Fsp3) is 1.00. The Bertz CT molecular complexity index is 77.6. The van der Waals surface area contributed by atoms with Crippen molar-refractivity contribution in [2.45, 2.75) is 38.5 Å². The largest absolute Gasteiger partial charge is 0.328 e. The molecule has 0 aromatic heterocycles. The van der Waals surface area contributed by atoms with Gasteiger partial charge in [-0.25, -0.2) is 12.1 Å². The lowest BCUT2D eigenvalue weighted by Crippen LogP contribution is -2.22. The molecule has 1 atom stereocenters. The van der Waals surface area contributed by atoms with E-state index in [4.69, 9.17) is 5.73 Å². The average Bonchev–Trinajstić information content (AvgIpc) is 1.59. The number of hydrogen-bond acceptors (Lipinski definition) is 2. The van der Waals surface area contributed by atoms with Crippen LogP contribution in [0.2, 0.25) is 19.1 Å². The van der Waals surface area contributed by atoms with Crippen LogP contribution in [0, 0.1) is 0 Å². The fourth-order valence-electron chi connectivity index (χ4n) is 0.581. The first-order valence-electron chi connectivity index (χ1n) is 3.40. The molecule has 0 aliphatic heterocycles. The van der Waals surface area contributed by atoms with E-state index >= 15 is 0 Å². The molecule has 0 radical (unpaired) electrons. The number of rotatable bonds is 3. The van der Waals surface area contributed by atoms with Crippen molar-refractivity contribution in [3.63, 3.8) is 0 Å². The predicted octanol–water partition coefficient (Wildman–Crippen LogP) is 1.86. The molecule has 0 saturated carbocycles. The lowest BCUT2D eigenvalue weighted by molar-refractivity contribution is 0.709. The average molecular weight is 163 g/mol. The zero-order chi connectivity index (χ0) is 7.49. The van der Waals surface area contributed by atoms with Crippen LogP contribution in [0.1, 0.15) is 13.3 Å². The first kappa shape index (κ1) is 9.53. The standard InChI is InChI=1S/C6H17NSSi/c1-6(7)4-5-9(2,3)8/h6,8H,4-5,7H2,1-3H3. The zero-order valence-corrected chi connectivity index (χ0v) is 8.41. The molecule has 0 fully saturated rings. The first-order chi connectivity index (χ1) is 3.92. The summed E-state index contributed by atoms with van der Waals surface area (Å²) in [6.45, 7) is 6.55. The van der Waals surface area contributed by atoms with Gasteiger partial charge in [-0.2, -0.15) is 0 Å². The molecular weight excluding hydrogens is 146 g/mol. The van der Waals surface area contributed by atoms with Gasteiger partial charge in [0.15, 0.2) is 0 Å². The van der Waals surface area contributed by atoms with Gasteiger partial charge >= 0.3 is 0 Å². The van der Waals surface area contributed by atoms with Crippen LogP contribution >= 0.6 is 12.1 Å². The monoisotopic (exact) mass is 163 g/mol. The van der Waals surface area contributed by atoms with Crippen molar-refractivity contribution in [2.24, 2.45) is 5.73 Å². The molecule has 1 unspecified atom stereocenters. The molecule has 9 heavy (non-hydrogen) atoms. The molecule has 0 aliphatic rings. The summed E-state index contributed by atoms with van der Waals surface area (Å²) in [6, 6.07) is 1.58. The third-order valence-corrected chi connectivity index (χ3v) is 3.39. The van der Waals surface area contributed by atoms with Crippen molar-refractivity contribution in [3.05, 3.63) is 0 Å². The van der Waals surface area contributed by atoms with Gasteiger partial charge in [0.2, 0.25) is 0 Å². The summed E-state index contributed by atoms with van der Waals surface area (Å²) in [5.41, 5.74) is 5.59. The Morgan fingerprint density at radius 3 is 2.11 bits per heavy atom. The number of nitrogens with two attached hydrogens (primary N) is 1. The normalized spacial score (nSPS) is 15.7. The Morgan fingerprint density at radius 1 is 1.56 bits per heavy atom. The van der Waals surface area contributed by atoms with Gasteiger partial charge in [0.25, 0.3) is 0 Å². The Kier molecular flexibility index (Phi) is 3.85. The lowest BCUT2D eigenvalue weighted by atomic mass is 10.3. The molecular formula is C6H17NSSi. The van der Waals surface area contributed by atoms with Crippen LogP contribution in [0.3, 0.4) is 0 Å².